The lowest BCUT2D eigenvalue weighted by Gasteiger charge is -2.06. The number of nitrogens with zero attached hydrogens (tertiary/aromatic N) is 2. The summed E-state index contributed by atoms with van der Waals surface area (Å²) in [6.45, 7) is 0.533. The number of aromatic amines is 1. The average molecular weight is 363 g/mol. The molecule has 1 amide bonds. The number of pyridine rings is 1. The number of nitrogens with one attached hydrogen (secondary N) is 2. The molecule has 0 aliphatic rings. The zero-order valence-electron chi connectivity index (χ0n) is 14.5. The molecular formula is C20H18FN5O. The number of nitrogen functional groups attached to an aromatic ring is 1. The minimum Gasteiger partial charge on any atom is -0.383 e. The molecule has 3 aromatic rings. The zero-order chi connectivity index (χ0) is 19.1. The summed E-state index contributed by atoms with van der Waals surface area (Å²) >= 11 is 0. The highest BCUT2D eigenvalue weighted by molar-refractivity contribution is 5.94. The fraction of sp³-hybridized carbons (Fsp3) is 0.150. The molecule has 4 N–H and O–H groups in total. The van der Waals surface area contributed by atoms with Gasteiger partial charge in [-0.25, -0.2) is 9.37 Å². The van der Waals surface area contributed by atoms with Crippen LogP contribution in [0, 0.1) is 17.7 Å². The summed E-state index contributed by atoms with van der Waals surface area (Å²) in [6, 6.07) is 7.41. The van der Waals surface area contributed by atoms with E-state index in [-0.39, 0.29) is 17.5 Å². The van der Waals surface area contributed by atoms with Crippen LogP contribution in [-0.2, 0) is 6.42 Å². The van der Waals surface area contributed by atoms with E-state index in [1.807, 2.05) is 6.20 Å². The SMILES string of the molecule is Nc1ncc(C(=O)NCCCc2cn[nH]c2)cc1C#Cc1ccc(F)cc1. The van der Waals surface area contributed by atoms with E-state index >= 15 is 0 Å². The van der Waals surface area contributed by atoms with Gasteiger partial charge in [-0.1, -0.05) is 11.8 Å². The topological polar surface area (TPSA) is 96.7 Å². The Kier molecular flexibility index (Phi) is 5.80. The highest BCUT2D eigenvalue weighted by Crippen LogP contribution is 2.10. The van der Waals surface area contributed by atoms with Crippen molar-refractivity contribution in [2.75, 3.05) is 12.3 Å². The first-order valence-electron chi connectivity index (χ1n) is 8.41. The highest BCUT2D eigenvalue weighted by Gasteiger charge is 2.08. The Morgan fingerprint density at radius 2 is 2.04 bits per heavy atom. The Labute approximate surface area is 156 Å². The van der Waals surface area contributed by atoms with Crippen LogP contribution in [0.4, 0.5) is 10.2 Å². The van der Waals surface area contributed by atoms with Crippen LogP contribution in [-0.4, -0.2) is 27.6 Å². The predicted molar refractivity (Wildman–Crippen MR) is 100 cm³/mol. The van der Waals surface area contributed by atoms with Crippen LogP contribution in [0.3, 0.4) is 0 Å². The van der Waals surface area contributed by atoms with E-state index in [0.29, 0.717) is 23.2 Å². The third kappa shape index (κ3) is 5.16. The van der Waals surface area contributed by atoms with Crippen molar-refractivity contribution in [2.45, 2.75) is 12.8 Å². The Hall–Kier alpha value is -3.66. The maximum atomic E-state index is 12.9. The molecule has 0 atom stereocenters. The van der Waals surface area contributed by atoms with Crippen molar-refractivity contribution in [2.24, 2.45) is 0 Å². The molecule has 0 radical (unpaired) electrons. The number of carbonyl (C=O) groups excluding carboxylic acids is 1. The predicted octanol–water partition coefficient (Wildman–Crippen LogP) is 2.29. The van der Waals surface area contributed by atoms with Crippen molar-refractivity contribution in [3.05, 3.63) is 77.0 Å². The molecule has 7 heteroatoms. The van der Waals surface area contributed by atoms with Crippen LogP contribution in [0.2, 0.25) is 0 Å². The number of amides is 1. The first-order chi connectivity index (χ1) is 13.1. The van der Waals surface area contributed by atoms with Crippen LogP contribution < -0.4 is 11.1 Å². The Morgan fingerprint density at radius 1 is 1.22 bits per heavy atom. The van der Waals surface area contributed by atoms with Gasteiger partial charge in [0.05, 0.1) is 17.3 Å². The summed E-state index contributed by atoms with van der Waals surface area (Å²) in [5.41, 5.74) is 8.41. The number of benzene rings is 1. The summed E-state index contributed by atoms with van der Waals surface area (Å²) in [6.07, 6.45) is 6.63. The van der Waals surface area contributed by atoms with Gasteiger partial charge in [-0.15, -0.1) is 0 Å². The molecule has 0 aliphatic carbocycles. The molecule has 2 heterocycles. The molecule has 27 heavy (non-hydrogen) atoms. The molecule has 0 spiro atoms. The maximum absolute atomic E-state index is 12.9. The molecule has 2 aromatic heterocycles. The average Bonchev–Trinajstić information content (AvgIpc) is 3.19. The van der Waals surface area contributed by atoms with Crippen molar-refractivity contribution in [1.82, 2.24) is 20.5 Å². The van der Waals surface area contributed by atoms with E-state index in [4.69, 9.17) is 5.73 Å². The van der Waals surface area contributed by atoms with E-state index in [1.165, 1.54) is 18.3 Å². The van der Waals surface area contributed by atoms with Gasteiger partial charge in [-0.3, -0.25) is 9.89 Å². The standard InChI is InChI=1S/C20H18FN5O/c21-18-7-4-14(5-8-18)3-6-16-10-17(13-24-19(16)22)20(27)23-9-1-2-15-11-25-26-12-15/h4-5,7-8,10-13H,1-2,9H2,(H2,22,24)(H,23,27)(H,25,26). The number of halogens is 1. The molecule has 6 nitrogen and oxygen atoms in total. The second-order valence-electron chi connectivity index (χ2n) is 5.88. The summed E-state index contributed by atoms with van der Waals surface area (Å²) in [5.74, 6) is 5.44. The van der Waals surface area contributed by atoms with Gasteiger partial charge in [-0.05, 0) is 48.7 Å². The van der Waals surface area contributed by atoms with Crippen LogP contribution in [0.25, 0.3) is 0 Å². The molecular weight excluding hydrogens is 345 g/mol. The Balaban J connectivity index is 1.62. The van der Waals surface area contributed by atoms with E-state index in [2.05, 4.69) is 32.3 Å². The fourth-order valence-corrected chi connectivity index (χ4v) is 2.38. The lowest BCUT2D eigenvalue weighted by atomic mass is 10.1. The van der Waals surface area contributed by atoms with Gasteiger partial charge in [0.2, 0.25) is 0 Å². The highest BCUT2D eigenvalue weighted by atomic mass is 19.1. The first-order valence-corrected chi connectivity index (χ1v) is 8.41. The fourth-order valence-electron chi connectivity index (χ4n) is 2.38. The van der Waals surface area contributed by atoms with Gasteiger partial charge in [0.1, 0.15) is 11.6 Å². The lowest BCUT2D eigenvalue weighted by Crippen LogP contribution is -2.25. The van der Waals surface area contributed by atoms with Crippen molar-refractivity contribution in [1.29, 1.82) is 0 Å². The van der Waals surface area contributed by atoms with Gasteiger partial charge in [-0.2, -0.15) is 5.10 Å². The summed E-state index contributed by atoms with van der Waals surface area (Å²) in [7, 11) is 0. The Bertz CT molecular complexity index is 972. The normalized spacial score (nSPS) is 10.1. The molecule has 0 saturated carbocycles. The number of hydrogen-bond acceptors (Lipinski definition) is 4. The number of hydrogen-bond donors (Lipinski definition) is 3. The second-order valence-corrected chi connectivity index (χ2v) is 5.88. The molecule has 136 valence electrons. The summed E-state index contributed by atoms with van der Waals surface area (Å²) in [5, 5.41) is 9.48. The molecule has 1 aromatic carbocycles. The molecule has 3 rings (SSSR count). The molecule has 0 fully saturated rings. The van der Waals surface area contributed by atoms with Crippen molar-refractivity contribution in [3.8, 4) is 11.8 Å². The number of rotatable bonds is 5. The van der Waals surface area contributed by atoms with Gasteiger partial charge < -0.3 is 11.1 Å². The largest absolute Gasteiger partial charge is 0.383 e. The summed E-state index contributed by atoms with van der Waals surface area (Å²) < 4.78 is 12.9. The third-order valence-corrected chi connectivity index (χ3v) is 3.85. The number of carbonyl (C=O) groups is 1. The second kappa shape index (κ2) is 8.63. The van der Waals surface area contributed by atoms with E-state index in [0.717, 1.165) is 18.4 Å². The smallest absolute Gasteiger partial charge is 0.252 e. The van der Waals surface area contributed by atoms with Crippen LogP contribution >= 0.6 is 0 Å². The van der Waals surface area contributed by atoms with Crippen molar-refractivity contribution < 1.29 is 9.18 Å². The maximum Gasteiger partial charge on any atom is 0.252 e. The lowest BCUT2D eigenvalue weighted by molar-refractivity contribution is 0.0953. The molecule has 0 unspecified atom stereocenters. The van der Waals surface area contributed by atoms with E-state index < -0.39 is 0 Å². The third-order valence-electron chi connectivity index (χ3n) is 3.85. The number of anilines is 1. The first kappa shape index (κ1) is 18.1. The number of nitrogens with two attached hydrogens (primary N) is 1. The minimum absolute atomic E-state index is 0.237. The van der Waals surface area contributed by atoms with Crippen LogP contribution in [0.1, 0.15) is 33.5 Å². The number of H-pyrrole nitrogens is 1. The molecule has 0 aliphatic heterocycles. The van der Waals surface area contributed by atoms with E-state index in [1.54, 1.807) is 24.4 Å². The number of aromatic nitrogens is 3. The van der Waals surface area contributed by atoms with E-state index in [9.17, 15) is 9.18 Å². The van der Waals surface area contributed by atoms with Gasteiger partial charge in [0.25, 0.3) is 5.91 Å². The minimum atomic E-state index is -0.326. The van der Waals surface area contributed by atoms with Gasteiger partial charge in [0, 0.05) is 24.5 Å². The van der Waals surface area contributed by atoms with Gasteiger partial charge in [0.15, 0.2) is 0 Å². The Morgan fingerprint density at radius 3 is 2.78 bits per heavy atom. The number of aryl methyl sites for hydroxylation is 1. The molecule has 0 saturated heterocycles. The van der Waals surface area contributed by atoms with Crippen molar-refractivity contribution >= 4 is 11.7 Å². The zero-order valence-corrected chi connectivity index (χ0v) is 14.5. The monoisotopic (exact) mass is 363 g/mol. The van der Waals surface area contributed by atoms with Crippen LogP contribution in [0.15, 0.2) is 48.9 Å². The van der Waals surface area contributed by atoms with Gasteiger partial charge >= 0.3 is 0 Å². The molecule has 0 bridgehead atoms. The summed E-state index contributed by atoms with van der Waals surface area (Å²) in [4.78, 5) is 16.3. The quantitative estimate of drug-likeness (QED) is 0.479. The van der Waals surface area contributed by atoms with Crippen molar-refractivity contribution in [3.63, 3.8) is 0 Å². The van der Waals surface area contributed by atoms with Crippen LogP contribution in [0.5, 0.6) is 0 Å².